The van der Waals surface area contributed by atoms with Gasteiger partial charge in [0, 0.05) is 18.4 Å². The topological polar surface area (TPSA) is 38.9 Å². The van der Waals surface area contributed by atoms with Crippen LogP contribution >= 0.6 is 11.6 Å². The minimum absolute atomic E-state index is 0.231. The number of hydrogen-bond donors (Lipinski definition) is 1. The lowest BCUT2D eigenvalue weighted by molar-refractivity contribution is 0.666. The number of aromatic nitrogens is 1. The van der Waals surface area contributed by atoms with Crippen LogP contribution < -0.4 is 5.73 Å². The van der Waals surface area contributed by atoms with E-state index in [0.29, 0.717) is 0 Å². The van der Waals surface area contributed by atoms with Gasteiger partial charge >= 0.3 is 0 Å². The Balaban J connectivity index is 2.57. The highest BCUT2D eigenvalue weighted by Gasteiger charge is 2.00. The van der Waals surface area contributed by atoms with E-state index in [4.69, 9.17) is 17.3 Å². The van der Waals surface area contributed by atoms with Gasteiger partial charge in [0.1, 0.15) is 0 Å². The first-order valence-electron chi connectivity index (χ1n) is 4.04. The SMILES string of the molecule is CC(N)CCc1ccncc1Cl. The van der Waals surface area contributed by atoms with Crippen molar-refractivity contribution in [1.29, 1.82) is 0 Å². The summed E-state index contributed by atoms with van der Waals surface area (Å²) in [7, 11) is 0. The second kappa shape index (κ2) is 4.43. The van der Waals surface area contributed by atoms with Crippen LogP contribution in [0.4, 0.5) is 0 Å². The van der Waals surface area contributed by atoms with E-state index in [1.807, 2.05) is 13.0 Å². The number of hydrogen-bond acceptors (Lipinski definition) is 2. The van der Waals surface area contributed by atoms with Crippen LogP contribution in [0.25, 0.3) is 0 Å². The molecule has 1 atom stereocenters. The van der Waals surface area contributed by atoms with E-state index in [0.717, 1.165) is 23.4 Å². The summed E-state index contributed by atoms with van der Waals surface area (Å²) in [5.74, 6) is 0. The molecule has 1 heterocycles. The zero-order valence-electron chi connectivity index (χ0n) is 7.13. The number of nitrogens with two attached hydrogens (primary N) is 1. The van der Waals surface area contributed by atoms with Crippen molar-refractivity contribution in [3.63, 3.8) is 0 Å². The van der Waals surface area contributed by atoms with Gasteiger partial charge in [-0.25, -0.2) is 0 Å². The molecule has 1 unspecified atom stereocenters. The van der Waals surface area contributed by atoms with Crippen LogP contribution in [0, 0.1) is 0 Å². The lowest BCUT2D eigenvalue weighted by Crippen LogP contribution is -2.15. The van der Waals surface area contributed by atoms with E-state index in [9.17, 15) is 0 Å². The highest BCUT2D eigenvalue weighted by Crippen LogP contribution is 2.15. The van der Waals surface area contributed by atoms with Gasteiger partial charge in [-0.15, -0.1) is 0 Å². The van der Waals surface area contributed by atoms with Crippen LogP contribution in [0.1, 0.15) is 18.9 Å². The molecule has 0 aromatic carbocycles. The van der Waals surface area contributed by atoms with Crippen molar-refractivity contribution < 1.29 is 0 Å². The Morgan fingerprint density at radius 2 is 2.42 bits per heavy atom. The first-order chi connectivity index (χ1) is 5.70. The first kappa shape index (κ1) is 9.49. The van der Waals surface area contributed by atoms with Gasteiger partial charge in [-0.05, 0) is 31.4 Å². The number of nitrogens with zero attached hydrogens (tertiary/aromatic N) is 1. The summed E-state index contributed by atoms with van der Waals surface area (Å²) in [6, 6.07) is 2.17. The third-order valence-electron chi connectivity index (χ3n) is 1.73. The van der Waals surface area contributed by atoms with Crippen LogP contribution in [-0.4, -0.2) is 11.0 Å². The Bertz CT molecular complexity index is 248. The number of pyridine rings is 1. The van der Waals surface area contributed by atoms with E-state index in [1.165, 1.54) is 0 Å². The van der Waals surface area contributed by atoms with Gasteiger partial charge in [0.25, 0.3) is 0 Å². The molecular weight excluding hydrogens is 172 g/mol. The summed E-state index contributed by atoms with van der Waals surface area (Å²) < 4.78 is 0. The average Bonchev–Trinajstić information content (AvgIpc) is 2.03. The number of aryl methyl sites for hydroxylation is 1. The number of rotatable bonds is 3. The van der Waals surface area contributed by atoms with Crippen LogP contribution in [0.15, 0.2) is 18.5 Å². The fraction of sp³-hybridized carbons (Fsp3) is 0.444. The van der Waals surface area contributed by atoms with Crippen molar-refractivity contribution in [2.75, 3.05) is 0 Å². The molecule has 0 saturated heterocycles. The third-order valence-corrected chi connectivity index (χ3v) is 2.07. The van der Waals surface area contributed by atoms with Crippen molar-refractivity contribution in [2.24, 2.45) is 5.73 Å². The largest absolute Gasteiger partial charge is 0.328 e. The normalized spacial score (nSPS) is 12.9. The molecular formula is C9H13ClN2. The molecule has 66 valence electrons. The molecule has 2 N–H and O–H groups in total. The molecule has 0 aliphatic rings. The zero-order chi connectivity index (χ0) is 8.97. The number of halogens is 1. The average molecular weight is 185 g/mol. The van der Waals surface area contributed by atoms with E-state index >= 15 is 0 Å². The summed E-state index contributed by atoms with van der Waals surface area (Å²) in [5, 5.41) is 0.734. The van der Waals surface area contributed by atoms with Gasteiger partial charge in [0.2, 0.25) is 0 Å². The Hall–Kier alpha value is -0.600. The van der Waals surface area contributed by atoms with Gasteiger partial charge < -0.3 is 5.73 Å². The quantitative estimate of drug-likeness (QED) is 0.781. The molecule has 0 bridgehead atoms. The van der Waals surface area contributed by atoms with Gasteiger partial charge in [-0.1, -0.05) is 11.6 Å². The summed E-state index contributed by atoms with van der Waals surface area (Å²) in [5.41, 5.74) is 6.76. The van der Waals surface area contributed by atoms with Gasteiger partial charge in [-0.3, -0.25) is 4.98 Å². The maximum Gasteiger partial charge on any atom is 0.0621 e. The van der Waals surface area contributed by atoms with E-state index in [1.54, 1.807) is 12.4 Å². The molecule has 0 aliphatic heterocycles. The second-order valence-electron chi connectivity index (χ2n) is 2.98. The fourth-order valence-electron chi connectivity index (χ4n) is 0.990. The molecule has 1 aromatic heterocycles. The maximum atomic E-state index is 5.90. The molecule has 1 aromatic rings. The minimum atomic E-state index is 0.231. The smallest absolute Gasteiger partial charge is 0.0621 e. The Morgan fingerprint density at radius 3 is 3.00 bits per heavy atom. The van der Waals surface area contributed by atoms with Crippen LogP contribution in [0.5, 0.6) is 0 Å². The van der Waals surface area contributed by atoms with E-state index in [-0.39, 0.29) is 6.04 Å². The van der Waals surface area contributed by atoms with Crippen molar-refractivity contribution in [3.8, 4) is 0 Å². The molecule has 3 heteroatoms. The minimum Gasteiger partial charge on any atom is -0.328 e. The standard InChI is InChI=1S/C9H13ClN2/c1-7(11)2-3-8-4-5-12-6-9(8)10/h4-7H,2-3,11H2,1H3. The van der Waals surface area contributed by atoms with Crippen molar-refractivity contribution >= 4 is 11.6 Å². The third kappa shape index (κ3) is 2.80. The summed E-state index contributed by atoms with van der Waals surface area (Å²) in [6.07, 6.45) is 5.31. The summed E-state index contributed by atoms with van der Waals surface area (Å²) in [4.78, 5) is 3.91. The molecule has 0 radical (unpaired) electrons. The fourth-order valence-corrected chi connectivity index (χ4v) is 1.20. The molecule has 12 heavy (non-hydrogen) atoms. The molecule has 0 saturated carbocycles. The Kier molecular flexibility index (Phi) is 3.50. The Morgan fingerprint density at radius 1 is 1.67 bits per heavy atom. The summed E-state index contributed by atoms with van der Waals surface area (Å²) >= 11 is 5.90. The first-order valence-corrected chi connectivity index (χ1v) is 4.42. The molecule has 2 nitrogen and oxygen atoms in total. The van der Waals surface area contributed by atoms with Crippen LogP contribution in [0.2, 0.25) is 5.02 Å². The molecule has 0 fully saturated rings. The van der Waals surface area contributed by atoms with Gasteiger partial charge in [0.15, 0.2) is 0 Å². The maximum absolute atomic E-state index is 5.90. The van der Waals surface area contributed by atoms with Gasteiger partial charge in [0.05, 0.1) is 5.02 Å². The molecule has 0 spiro atoms. The molecule has 1 rings (SSSR count). The van der Waals surface area contributed by atoms with Crippen LogP contribution in [-0.2, 0) is 6.42 Å². The lowest BCUT2D eigenvalue weighted by atomic mass is 10.1. The van der Waals surface area contributed by atoms with Gasteiger partial charge in [-0.2, -0.15) is 0 Å². The monoisotopic (exact) mass is 184 g/mol. The van der Waals surface area contributed by atoms with Crippen molar-refractivity contribution in [2.45, 2.75) is 25.8 Å². The molecule has 0 aliphatic carbocycles. The van der Waals surface area contributed by atoms with Crippen molar-refractivity contribution in [1.82, 2.24) is 4.98 Å². The highest BCUT2D eigenvalue weighted by atomic mass is 35.5. The highest BCUT2D eigenvalue weighted by molar-refractivity contribution is 6.31. The van der Waals surface area contributed by atoms with E-state index < -0.39 is 0 Å². The second-order valence-corrected chi connectivity index (χ2v) is 3.39. The summed E-state index contributed by atoms with van der Waals surface area (Å²) in [6.45, 7) is 2.00. The predicted octanol–water partition coefficient (Wildman–Crippen LogP) is 2.01. The van der Waals surface area contributed by atoms with E-state index in [2.05, 4.69) is 4.98 Å². The molecule has 0 amide bonds. The Labute approximate surface area is 77.8 Å². The van der Waals surface area contributed by atoms with Crippen LogP contribution in [0.3, 0.4) is 0 Å². The zero-order valence-corrected chi connectivity index (χ0v) is 7.88. The lowest BCUT2D eigenvalue weighted by Gasteiger charge is -2.05. The van der Waals surface area contributed by atoms with Crippen molar-refractivity contribution in [3.05, 3.63) is 29.0 Å². The predicted molar refractivity (Wildman–Crippen MR) is 51.2 cm³/mol.